The summed E-state index contributed by atoms with van der Waals surface area (Å²) < 4.78 is 15.8. The zero-order valence-electron chi connectivity index (χ0n) is 16.9. The Kier molecular flexibility index (Phi) is 6.26. The molecule has 2 N–H and O–H groups in total. The maximum Gasteiger partial charge on any atom is 0.240 e. The smallest absolute Gasteiger partial charge is 0.240 e. The van der Waals surface area contributed by atoms with Gasteiger partial charge in [0.25, 0.3) is 0 Å². The van der Waals surface area contributed by atoms with Gasteiger partial charge in [-0.25, -0.2) is 0 Å². The first-order chi connectivity index (χ1) is 14.0. The predicted molar refractivity (Wildman–Crippen MR) is 110 cm³/mol. The summed E-state index contributed by atoms with van der Waals surface area (Å²) in [5, 5.41) is 5.72. The highest BCUT2D eigenvalue weighted by atomic mass is 16.5. The van der Waals surface area contributed by atoms with Gasteiger partial charge in [0.2, 0.25) is 11.8 Å². The molecule has 1 aliphatic carbocycles. The minimum atomic E-state index is -1.00. The van der Waals surface area contributed by atoms with Gasteiger partial charge in [0, 0.05) is 6.54 Å². The van der Waals surface area contributed by atoms with Crippen LogP contribution in [0.5, 0.6) is 17.2 Å². The van der Waals surface area contributed by atoms with Crippen LogP contribution in [0.15, 0.2) is 42.5 Å². The Morgan fingerprint density at radius 2 is 1.59 bits per heavy atom. The van der Waals surface area contributed by atoms with E-state index in [1.165, 1.54) is 0 Å². The molecule has 0 radical (unpaired) electrons. The highest BCUT2D eigenvalue weighted by molar-refractivity contribution is 6.13. The van der Waals surface area contributed by atoms with Crippen molar-refractivity contribution in [3.8, 4) is 17.2 Å². The van der Waals surface area contributed by atoms with Crippen LogP contribution in [0.2, 0.25) is 0 Å². The fraction of sp³-hybridized carbons (Fsp3) is 0.364. The molecular formula is C22H26N2O5. The van der Waals surface area contributed by atoms with E-state index in [1.54, 1.807) is 39.5 Å². The van der Waals surface area contributed by atoms with Gasteiger partial charge in [0.1, 0.15) is 11.2 Å². The number of carbonyl (C=O) groups is 2. The molecule has 154 valence electrons. The van der Waals surface area contributed by atoms with Gasteiger partial charge in [-0.15, -0.1) is 0 Å². The number of hydrogen-bond acceptors (Lipinski definition) is 5. The largest absolute Gasteiger partial charge is 0.495 e. The predicted octanol–water partition coefficient (Wildman–Crippen LogP) is 2.79. The van der Waals surface area contributed by atoms with Gasteiger partial charge in [-0.3, -0.25) is 9.59 Å². The summed E-state index contributed by atoms with van der Waals surface area (Å²) in [5.74, 6) is 1.32. The monoisotopic (exact) mass is 398 g/mol. The molecule has 7 heteroatoms. The minimum Gasteiger partial charge on any atom is -0.495 e. The second kappa shape index (κ2) is 8.86. The first-order valence-electron chi connectivity index (χ1n) is 9.47. The van der Waals surface area contributed by atoms with Gasteiger partial charge >= 0.3 is 0 Å². The van der Waals surface area contributed by atoms with Crippen LogP contribution in [0.1, 0.15) is 18.4 Å². The normalized spacial score (nSPS) is 13.9. The summed E-state index contributed by atoms with van der Waals surface area (Å²) in [6, 6.07) is 12.8. The molecule has 0 aromatic heterocycles. The van der Waals surface area contributed by atoms with Crippen molar-refractivity contribution >= 4 is 17.5 Å². The number of anilines is 1. The third-order valence-electron chi connectivity index (χ3n) is 5.12. The van der Waals surface area contributed by atoms with Crippen LogP contribution < -0.4 is 24.8 Å². The van der Waals surface area contributed by atoms with E-state index in [0.29, 0.717) is 48.7 Å². The summed E-state index contributed by atoms with van der Waals surface area (Å²) in [4.78, 5) is 25.4. The molecule has 0 aliphatic heterocycles. The van der Waals surface area contributed by atoms with Gasteiger partial charge in [0.15, 0.2) is 11.5 Å². The third kappa shape index (κ3) is 4.45. The van der Waals surface area contributed by atoms with E-state index >= 15 is 0 Å². The zero-order valence-corrected chi connectivity index (χ0v) is 16.9. The van der Waals surface area contributed by atoms with Crippen LogP contribution in [0, 0.1) is 5.41 Å². The van der Waals surface area contributed by atoms with Gasteiger partial charge in [-0.2, -0.15) is 0 Å². The average molecular weight is 398 g/mol. The van der Waals surface area contributed by atoms with E-state index in [9.17, 15) is 9.59 Å². The molecule has 0 atom stereocenters. The van der Waals surface area contributed by atoms with Crippen molar-refractivity contribution in [2.75, 3.05) is 33.2 Å². The highest BCUT2D eigenvalue weighted by Crippen LogP contribution is 2.47. The molecule has 0 heterocycles. The zero-order chi connectivity index (χ0) is 20.9. The lowest BCUT2D eigenvalue weighted by Crippen LogP contribution is -2.40. The van der Waals surface area contributed by atoms with Gasteiger partial charge < -0.3 is 24.8 Å². The number of ether oxygens (including phenoxy) is 3. The molecule has 2 aromatic rings. The van der Waals surface area contributed by atoms with E-state index in [-0.39, 0.29) is 11.8 Å². The summed E-state index contributed by atoms with van der Waals surface area (Å²) in [5.41, 5.74) is 0.564. The summed E-state index contributed by atoms with van der Waals surface area (Å²) >= 11 is 0. The maximum atomic E-state index is 12.7. The Labute approximate surface area is 170 Å². The lowest BCUT2D eigenvalue weighted by Gasteiger charge is -2.17. The molecule has 0 spiro atoms. The molecule has 2 aromatic carbocycles. The number of rotatable bonds is 9. The van der Waals surface area contributed by atoms with Crippen LogP contribution in [-0.2, 0) is 16.0 Å². The van der Waals surface area contributed by atoms with Crippen molar-refractivity contribution in [3.63, 3.8) is 0 Å². The molecule has 0 unspecified atom stereocenters. The molecule has 1 aliphatic rings. The number of hydrogen-bond donors (Lipinski definition) is 2. The topological polar surface area (TPSA) is 85.9 Å². The summed E-state index contributed by atoms with van der Waals surface area (Å²) in [7, 11) is 4.71. The second-order valence-electron chi connectivity index (χ2n) is 6.93. The van der Waals surface area contributed by atoms with E-state index in [0.717, 1.165) is 5.56 Å². The van der Waals surface area contributed by atoms with Crippen LogP contribution in [0.3, 0.4) is 0 Å². The number of benzene rings is 2. The molecule has 29 heavy (non-hydrogen) atoms. The number of para-hydroxylation sites is 2. The molecule has 3 rings (SSSR count). The average Bonchev–Trinajstić information content (AvgIpc) is 3.56. The van der Waals surface area contributed by atoms with Crippen LogP contribution in [0.4, 0.5) is 5.69 Å². The lowest BCUT2D eigenvalue weighted by atomic mass is 10.0. The van der Waals surface area contributed by atoms with E-state index in [2.05, 4.69) is 10.6 Å². The van der Waals surface area contributed by atoms with Gasteiger partial charge in [-0.05, 0) is 49.1 Å². The quantitative estimate of drug-likeness (QED) is 0.635. The van der Waals surface area contributed by atoms with Crippen molar-refractivity contribution in [2.24, 2.45) is 5.41 Å². The van der Waals surface area contributed by atoms with Crippen LogP contribution in [-0.4, -0.2) is 39.7 Å². The van der Waals surface area contributed by atoms with E-state index in [1.807, 2.05) is 24.3 Å². The Bertz CT molecular complexity index is 893. The van der Waals surface area contributed by atoms with Crippen LogP contribution >= 0.6 is 0 Å². The number of carbonyl (C=O) groups excluding carboxylic acids is 2. The Morgan fingerprint density at radius 3 is 2.24 bits per heavy atom. The molecule has 7 nitrogen and oxygen atoms in total. The summed E-state index contributed by atoms with van der Waals surface area (Å²) in [6.45, 7) is 0.429. The van der Waals surface area contributed by atoms with Gasteiger partial charge in [-0.1, -0.05) is 18.2 Å². The standard InChI is InChI=1S/C22H26N2O5/c1-27-17-7-5-4-6-16(17)24-21(26)22(11-12-22)20(25)23-13-10-15-8-9-18(28-2)19(14-15)29-3/h4-9,14H,10-13H2,1-3H3,(H,23,25)(H,24,26). The Morgan fingerprint density at radius 1 is 0.897 bits per heavy atom. The summed E-state index contributed by atoms with van der Waals surface area (Å²) in [6.07, 6.45) is 1.70. The maximum absolute atomic E-state index is 12.7. The van der Waals surface area contributed by atoms with Crippen molar-refractivity contribution in [2.45, 2.75) is 19.3 Å². The first kappa shape index (κ1) is 20.5. The van der Waals surface area contributed by atoms with Crippen molar-refractivity contribution in [1.82, 2.24) is 5.32 Å². The molecular weight excluding hydrogens is 372 g/mol. The Hall–Kier alpha value is -3.22. The highest BCUT2D eigenvalue weighted by Gasteiger charge is 2.56. The fourth-order valence-corrected chi connectivity index (χ4v) is 3.20. The molecule has 1 saturated carbocycles. The van der Waals surface area contributed by atoms with Gasteiger partial charge in [0.05, 0.1) is 27.0 Å². The SMILES string of the molecule is COc1ccccc1NC(=O)C1(C(=O)NCCc2ccc(OC)c(OC)c2)CC1. The van der Waals surface area contributed by atoms with Crippen molar-refractivity contribution in [3.05, 3.63) is 48.0 Å². The third-order valence-corrected chi connectivity index (χ3v) is 5.12. The minimum absolute atomic E-state index is 0.245. The molecule has 0 bridgehead atoms. The number of methoxy groups -OCH3 is 3. The van der Waals surface area contributed by atoms with Crippen LogP contribution in [0.25, 0.3) is 0 Å². The van der Waals surface area contributed by atoms with Crippen molar-refractivity contribution < 1.29 is 23.8 Å². The second-order valence-corrected chi connectivity index (χ2v) is 6.93. The number of nitrogens with one attached hydrogen (secondary N) is 2. The first-order valence-corrected chi connectivity index (χ1v) is 9.47. The fourth-order valence-electron chi connectivity index (χ4n) is 3.20. The molecule has 2 amide bonds. The van der Waals surface area contributed by atoms with E-state index in [4.69, 9.17) is 14.2 Å². The lowest BCUT2D eigenvalue weighted by molar-refractivity contribution is -0.134. The molecule has 1 fully saturated rings. The Balaban J connectivity index is 1.57. The van der Waals surface area contributed by atoms with Crippen molar-refractivity contribution in [1.29, 1.82) is 0 Å². The number of amides is 2. The van der Waals surface area contributed by atoms with E-state index < -0.39 is 5.41 Å². The molecule has 0 saturated heterocycles.